The first-order valence-electron chi connectivity index (χ1n) is 8.00. The van der Waals surface area contributed by atoms with Crippen LogP contribution in [0, 0.1) is 0 Å². The number of hydrogen-bond donors (Lipinski definition) is 1. The largest absolute Gasteiger partial charge is 0.493 e. The van der Waals surface area contributed by atoms with Crippen LogP contribution in [0.1, 0.15) is 12.5 Å². The van der Waals surface area contributed by atoms with Crippen LogP contribution in [0.2, 0.25) is 0 Å². The van der Waals surface area contributed by atoms with Crippen molar-refractivity contribution in [3.8, 4) is 11.5 Å². The maximum Gasteiger partial charge on any atom is 0.331 e. The maximum atomic E-state index is 12.1. The van der Waals surface area contributed by atoms with Gasteiger partial charge in [-0.2, -0.15) is 0 Å². The number of ether oxygens (including phenoxy) is 3. The molecule has 2 aromatic carbocycles. The maximum absolute atomic E-state index is 12.1. The molecular weight excluding hydrogens is 334 g/mol. The van der Waals surface area contributed by atoms with Crippen LogP contribution >= 0.6 is 0 Å². The van der Waals surface area contributed by atoms with E-state index in [1.807, 2.05) is 6.07 Å². The molecule has 0 saturated carbocycles. The van der Waals surface area contributed by atoms with E-state index in [2.05, 4.69) is 5.32 Å². The Morgan fingerprint density at radius 3 is 2.38 bits per heavy atom. The van der Waals surface area contributed by atoms with E-state index in [4.69, 9.17) is 14.2 Å². The Morgan fingerprint density at radius 1 is 1.00 bits per heavy atom. The molecule has 0 spiro atoms. The average molecular weight is 355 g/mol. The molecular formula is C20H21NO5. The van der Waals surface area contributed by atoms with E-state index in [1.54, 1.807) is 48.5 Å². The Kier molecular flexibility index (Phi) is 6.79. The molecule has 2 rings (SSSR count). The summed E-state index contributed by atoms with van der Waals surface area (Å²) in [5.74, 6) is 0.0232. The molecule has 1 amide bonds. The van der Waals surface area contributed by atoms with E-state index in [1.165, 1.54) is 27.2 Å². The minimum absolute atomic E-state index is 0.406. The van der Waals surface area contributed by atoms with Gasteiger partial charge in [0.25, 0.3) is 5.91 Å². The third kappa shape index (κ3) is 5.11. The molecule has 0 saturated heterocycles. The molecule has 26 heavy (non-hydrogen) atoms. The predicted molar refractivity (Wildman–Crippen MR) is 99.2 cm³/mol. The summed E-state index contributed by atoms with van der Waals surface area (Å²) in [4.78, 5) is 24.0. The molecule has 0 radical (unpaired) electrons. The zero-order valence-electron chi connectivity index (χ0n) is 14.9. The van der Waals surface area contributed by atoms with Gasteiger partial charge in [0.15, 0.2) is 17.6 Å². The Hall–Kier alpha value is -3.28. The highest BCUT2D eigenvalue weighted by Gasteiger charge is 2.16. The lowest BCUT2D eigenvalue weighted by atomic mass is 10.1. The molecule has 6 heteroatoms. The molecule has 0 bridgehead atoms. The molecule has 2 aromatic rings. The molecule has 0 aliphatic carbocycles. The van der Waals surface area contributed by atoms with Gasteiger partial charge < -0.3 is 19.5 Å². The van der Waals surface area contributed by atoms with Crippen LogP contribution in [-0.4, -0.2) is 32.2 Å². The second kappa shape index (κ2) is 9.27. The van der Waals surface area contributed by atoms with Gasteiger partial charge in [0, 0.05) is 17.3 Å². The fourth-order valence-corrected chi connectivity index (χ4v) is 2.23. The predicted octanol–water partition coefficient (Wildman–Crippen LogP) is 3.29. The van der Waals surface area contributed by atoms with Crippen LogP contribution in [0.4, 0.5) is 5.69 Å². The summed E-state index contributed by atoms with van der Waals surface area (Å²) in [5, 5.41) is 2.68. The van der Waals surface area contributed by atoms with Crippen molar-refractivity contribution in [1.29, 1.82) is 0 Å². The van der Waals surface area contributed by atoms with Gasteiger partial charge in [-0.05, 0) is 31.2 Å². The number of rotatable bonds is 7. The third-order valence-electron chi connectivity index (χ3n) is 3.54. The van der Waals surface area contributed by atoms with E-state index in [-0.39, 0.29) is 0 Å². The lowest BCUT2D eigenvalue weighted by molar-refractivity contribution is -0.148. The van der Waals surface area contributed by atoms with E-state index in [0.717, 1.165) is 0 Å². The van der Waals surface area contributed by atoms with Gasteiger partial charge in [-0.25, -0.2) is 4.79 Å². The van der Waals surface area contributed by atoms with Gasteiger partial charge in [-0.1, -0.05) is 30.3 Å². The number of esters is 1. The summed E-state index contributed by atoms with van der Waals surface area (Å²) >= 11 is 0. The number of para-hydroxylation sites is 2. The van der Waals surface area contributed by atoms with Gasteiger partial charge in [0.1, 0.15) is 0 Å². The van der Waals surface area contributed by atoms with E-state index in [9.17, 15) is 9.59 Å². The Morgan fingerprint density at radius 2 is 1.73 bits per heavy atom. The van der Waals surface area contributed by atoms with Crippen LogP contribution in [0.5, 0.6) is 11.5 Å². The summed E-state index contributed by atoms with van der Waals surface area (Å²) < 4.78 is 15.6. The quantitative estimate of drug-likeness (QED) is 0.609. The Bertz CT molecular complexity index is 786. The molecule has 0 unspecified atom stereocenters. The van der Waals surface area contributed by atoms with Gasteiger partial charge >= 0.3 is 5.97 Å². The SMILES string of the molecule is COc1cccc(/C=C/C(=O)O[C@H](C)C(=O)Nc2ccccc2)c1OC. The first-order chi connectivity index (χ1) is 12.5. The summed E-state index contributed by atoms with van der Waals surface area (Å²) in [5.41, 5.74) is 1.29. The number of hydrogen-bond acceptors (Lipinski definition) is 5. The second-order valence-electron chi connectivity index (χ2n) is 5.35. The molecule has 0 aliphatic heterocycles. The lowest BCUT2D eigenvalue weighted by Crippen LogP contribution is -2.29. The number of methoxy groups -OCH3 is 2. The lowest BCUT2D eigenvalue weighted by Gasteiger charge is -2.12. The number of carbonyl (C=O) groups excluding carboxylic acids is 2. The number of amides is 1. The van der Waals surface area contributed by atoms with Gasteiger partial charge in [0.05, 0.1) is 14.2 Å². The molecule has 136 valence electrons. The van der Waals surface area contributed by atoms with Crippen molar-refractivity contribution in [1.82, 2.24) is 0 Å². The standard InChI is InChI=1S/C20H21NO5/c1-14(20(23)21-16-9-5-4-6-10-16)26-18(22)13-12-15-8-7-11-17(24-2)19(15)25-3/h4-14H,1-3H3,(H,21,23)/b13-12+/t14-/m1/s1. The van der Waals surface area contributed by atoms with Gasteiger partial charge in [0.2, 0.25) is 0 Å². The van der Waals surface area contributed by atoms with Crippen molar-refractivity contribution in [2.45, 2.75) is 13.0 Å². The van der Waals surface area contributed by atoms with E-state index < -0.39 is 18.0 Å². The van der Waals surface area contributed by atoms with E-state index in [0.29, 0.717) is 22.7 Å². The minimum Gasteiger partial charge on any atom is -0.493 e. The average Bonchev–Trinajstić information content (AvgIpc) is 2.66. The zero-order valence-corrected chi connectivity index (χ0v) is 14.9. The Labute approximate surface area is 152 Å². The number of carbonyl (C=O) groups is 2. The molecule has 0 heterocycles. The van der Waals surface area contributed by atoms with Crippen LogP contribution in [0.3, 0.4) is 0 Å². The normalized spacial score (nSPS) is 11.7. The molecule has 0 aliphatic rings. The smallest absolute Gasteiger partial charge is 0.331 e. The van der Waals surface area contributed by atoms with Gasteiger partial charge in [-0.3, -0.25) is 4.79 Å². The highest BCUT2D eigenvalue weighted by atomic mass is 16.5. The van der Waals surface area contributed by atoms with Crippen molar-refractivity contribution in [3.05, 3.63) is 60.2 Å². The van der Waals surface area contributed by atoms with Gasteiger partial charge in [-0.15, -0.1) is 0 Å². The minimum atomic E-state index is -0.931. The monoisotopic (exact) mass is 355 g/mol. The highest BCUT2D eigenvalue weighted by molar-refractivity contribution is 5.96. The molecule has 6 nitrogen and oxygen atoms in total. The second-order valence-corrected chi connectivity index (χ2v) is 5.35. The first-order valence-corrected chi connectivity index (χ1v) is 8.00. The fourth-order valence-electron chi connectivity index (χ4n) is 2.23. The van der Waals surface area contributed by atoms with Crippen LogP contribution < -0.4 is 14.8 Å². The van der Waals surface area contributed by atoms with Crippen LogP contribution in [-0.2, 0) is 14.3 Å². The topological polar surface area (TPSA) is 73.9 Å². The summed E-state index contributed by atoms with van der Waals surface area (Å²) in [6, 6.07) is 14.3. The summed E-state index contributed by atoms with van der Waals surface area (Å²) in [6.07, 6.45) is 1.86. The highest BCUT2D eigenvalue weighted by Crippen LogP contribution is 2.31. The molecule has 1 N–H and O–H groups in total. The van der Waals surface area contributed by atoms with Crippen molar-refractivity contribution in [2.75, 3.05) is 19.5 Å². The number of benzene rings is 2. The van der Waals surface area contributed by atoms with E-state index >= 15 is 0 Å². The van der Waals surface area contributed by atoms with Crippen LogP contribution in [0.25, 0.3) is 6.08 Å². The van der Waals surface area contributed by atoms with Crippen molar-refractivity contribution >= 4 is 23.6 Å². The molecule has 1 atom stereocenters. The Balaban J connectivity index is 1.97. The van der Waals surface area contributed by atoms with Crippen LogP contribution in [0.15, 0.2) is 54.6 Å². The zero-order chi connectivity index (χ0) is 18.9. The van der Waals surface area contributed by atoms with Crippen molar-refractivity contribution in [2.24, 2.45) is 0 Å². The summed E-state index contributed by atoms with van der Waals surface area (Å²) in [6.45, 7) is 1.51. The van der Waals surface area contributed by atoms with Crippen molar-refractivity contribution < 1.29 is 23.8 Å². The molecule has 0 aromatic heterocycles. The number of nitrogens with one attached hydrogen (secondary N) is 1. The number of anilines is 1. The first kappa shape index (κ1) is 19.1. The summed E-state index contributed by atoms with van der Waals surface area (Å²) in [7, 11) is 3.05. The fraction of sp³-hybridized carbons (Fsp3) is 0.200. The molecule has 0 fully saturated rings. The third-order valence-corrected chi connectivity index (χ3v) is 3.54. The van der Waals surface area contributed by atoms with Crippen molar-refractivity contribution in [3.63, 3.8) is 0 Å².